The molecule has 324 valence electrons. The maximum absolute atomic E-state index is 12.9. The molecule has 9 atom stereocenters. The summed E-state index contributed by atoms with van der Waals surface area (Å²) in [6, 6.07) is 7.38. The van der Waals surface area contributed by atoms with Crippen molar-refractivity contribution in [1.29, 1.82) is 0 Å². The van der Waals surface area contributed by atoms with Crippen molar-refractivity contribution < 1.29 is 38.5 Å². The number of hydrogen-bond donors (Lipinski definition) is 1. The molecule has 14 nitrogen and oxygen atoms in total. The normalized spacial score (nSPS) is 30.9. The topological polar surface area (TPSA) is 145 Å². The predicted octanol–water partition coefficient (Wildman–Crippen LogP) is 4.97. The molecule has 0 bridgehead atoms. The van der Waals surface area contributed by atoms with Gasteiger partial charge in [-0.3, -0.25) is 24.2 Å². The number of aliphatic hydroxyl groups is 1. The summed E-state index contributed by atoms with van der Waals surface area (Å²) in [6.07, 6.45) is 10.9. The van der Waals surface area contributed by atoms with Gasteiger partial charge in [-0.25, -0.2) is 9.79 Å². The molecule has 7 rings (SSSR count). The SMILES string of the molecule is CCC(C)(C)C(=O)O[C@H]1C[C@@H](C)C=C2C=C[C@H](C)[C@H](CC[C@@H]3C[C@@H](O)CC(=O)O3)[C@H]21.COc1ccccc1N1CCN(CCN2C=NC3C2C(=O)N(C)C(=O)N3C)CC1. The van der Waals surface area contributed by atoms with Gasteiger partial charge < -0.3 is 34.0 Å². The van der Waals surface area contributed by atoms with Crippen LogP contribution in [0, 0.1) is 29.1 Å². The highest BCUT2D eigenvalue weighted by atomic mass is 16.6. The van der Waals surface area contributed by atoms with Gasteiger partial charge in [-0.05, 0) is 75.0 Å². The molecule has 6 aliphatic rings. The van der Waals surface area contributed by atoms with Gasteiger partial charge in [-0.15, -0.1) is 0 Å². The van der Waals surface area contributed by atoms with Crippen molar-refractivity contribution in [2.45, 2.75) is 104 Å². The van der Waals surface area contributed by atoms with Crippen molar-refractivity contribution >= 4 is 35.9 Å². The Hall–Kier alpha value is -4.43. The van der Waals surface area contributed by atoms with Crippen LogP contribution in [0.3, 0.4) is 0 Å². The largest absolute Gasteiger partial charge is 0.495 e. The monoisotopic (exact) mass is 818 g/mol. The lowest BCUT2D eigenvalue weighted by Gasteiger charge is -2.44. The van der Waals surface area contributed by atoms with E-state index in [2.05, 4.69) is 52.9 Å². The van der Waals surface area contributed by atoms with Crippen LogP contribution < -0.4 is 9.64 Å². The van der Waals surface area contributed by atoms with Crippen LogP contribution in [-0.2, 0) is 23.9 Å². The van der Waals surface area contributed by atoms with Crippen molar-refractivity contribution in [2.75, 3.05) is 65.4 Å². The van der Waals surface area contributed by atoms with Gasteiger partial charge in [0.15, 0.2) is 12.2 Å². The number of urea groups is 1. The number of piperazine rings is 1. The molecule has 59 heavy (non-hydrogen) atoms. The molecule has 2 aliphatic carbocycles. The Morgan fingerprint density at radius 2 is 1.75 bits per heavy atom. The Labute approximate surface area is 350 Å². The zero-order chi connectivity index (χ0) is 42.6. The number of aliphatic imine (C=N–C) groups is 1. The Morgan fingerprint density at radius 3 is 2.44 bits per heavy atom. The van der Waals surface area contributed by atoms with Crippen molar-refractivity contribution in [3.05, 3.63) is 48.1 Å². The summed E-state index contributed by atoms with van der Waals surface area (Å²) in [6.45, 7) is 15.6. The number of amides is 3. The molecule has 1 aromatic rings. The first kappa shape index (κ1) is 44.1. The van der Waals surface area contributed by atoms with Gasteiger partial charge in [-0.2, -0.15) is 0 Å². The molecule has 1 N–H and O–H groups in total. The predicted molar refractivity (Wildman–Crippen MR) is 226 cm³/mol. The Kier molecular flexibility index (Phi) is 14.1. The number of methoxy groups -OCH3 is 1. The zero-order valence-corrected chi connectivity index (χ0v) is 36.3. The van der Waals surface area contributed by atoms with Crippen molar-refractivity contribution in [2.24, 2.45) is 34.1 Å². The molecule has 4 aliphatic heterocycles. The number of carbonyl (C=O) groups is 4. The number of allylic oxidation sites excluding steroid dienone is 3. The second-order valence-corrected chi connectivity index (χ2v) is 17.9. The molecule has 3 fully saturated rings. The summed E-state index contributed by atoms with van der Waals surface area (Å²) >= 11 is 0. The van der Waals surface area contributed by atoms with Crippen molar-refractivity contribution in [1.82, 2.24) is 19.6 Å². The fourth-order valence-corrected chi connectivity index (χ4v) is 9.34. The Balaban J connectivity index is 0.000000198. The number of aliphatic hydroxyl groups excluding tert-OH is 1. The van der Waals surface area contributed by atoms with E-state index in [9.17, 15) is 24.3 Å². The van der Waals surface area contributed by atoms with Gasteiger partial charge in [0.1, 0.15) is 18.0 Å². The van der Waals surface area contributed by atoms with Crippen LogP contribution in [0.2, 0.25) is 0 Å². The quantitative estimate of drug-likeness (QED) is 0.303. The maximum atomic E-state index is 12.9. The highest BCUT2D eigenvalue weighted by molar-refractivity contribution is 6.01. The minimum absolute atomic E-state index is 0.0949. The molecular weight excluding hydrogens is 753 g/mol. The Morgan fingerprint density at radius 1 is 1.02 bits per heavy atom. The van der Waals surface area contributed by atoms with Crippen LogP contribution >= 0.6 is 0 Å². The number of carbonyl (C=O) groups excluding carboxylic acids is 4. The fraction of sp³-hybridized carbons (Fsp3) is 0.667. The summed E-state index contributed by atoms with van der Waals surface area (Å²) in [5.74, 6) is 1.49. The lowest BCUT2D eigenvalue weighted by Crippen LogP contribution is -2.64. The van der Waals surface area contributed by atoms with E-state index in [0.717, 1.165) is 69.8 Å². The van der Waals surface area contributed by atoms with Crippen LogP contribution in [0.25, 0.3) is 0 Å². The van der Waals surface area contributed by atoms with Crippen molar-refractivity contribution in [3.63, 3.8) is 0 Å². The van der Waals surface area contributed by atoms with Gasteiger partial charge in [0.25, 0.3) is 5.91 Å². The van der Waals surface area contributed by atoms with Crippen molar-refractivity contribution in [3.8, 4) is 5.75 Å². The molecule has 0 saturated carbocycles. The Bertz CT molecular complexity index is 1770. The summed E-state index contributed by atoms with van der Waals surface area (Å²) < 4.78 is 17.1. The van der Waals surface area contributed by atoms with Crippen LogP contribution in [0.1, 0.15) is 73.1 Å². The number of likely N-dealkylation sites (N-methyl/N-ethyl adjacent to an activating group) is 2. The lowest BCUT2D eigenvalue weighted by molar-refractivity contribution is -0.166. The van der Waals surface area contributed by atoms with Gasteiger partial charge in [-0.1, -0.05) is 51.1 Å². The number of cyclic esters (lactones) is 1. The van der Waals surface area contributed by atoms with E-state index in [1.165, 1.54) is 22.4 Å². The minimum atomic E-state index is -0.601. The molecule has 0 aromatic heterocycles. The summed E-state index contributed by atoms with van der Waals surface area (Å²) in [4.78, 5) is 63.1. The molecule has 4 heterocycles. The number of hydrogen-bond acceptors (Lipinski definition) is 12. The number of para-hydroxylation sites is 2. The summed E-state index contributed by atoms with van der Waals surface area (Å²) in [5, 5.41) is 9.92. The molecule has 3 saturated heterocycles. The number of nitrogens with zero attached hydrogens (tertiary/aromatic N) is 6. The minimum Gasteiger partial charge on any atom is -0.495 e. The second-order valence-electron chi connectivity index (χ2n) is 17.9. The number of esters is 2. The first-order valence-corrected chi connectivity index (χ1v) is 21.5. The van der Waals surface area contributed by atoms with Gasteiger partial charge >= 0.3 is 18.0 Å². The van der Waals surface area contributed by atoms with Gasteiger partial charge in [0.2, 0.25) is 0 Å². The molecule has 2 unspecified atom stereocenters. The van der Waals surface area contributed by atoms with Crippen LogP contribution in [0.5, 0.6) is 5.75 Å². The van der Waals surface area contributed by atoms with Gasteiger partial charge in [0.05, 0.1) is 37.1 Å². The van der Waals surface area contributed by atoms with E-state index in [1.807, 2.05) is 43.9 Å². The highest BCUT2D eigenvalue weighted by Gasteiger charge is 2.48. The number of benzene rings is 1. The van der Waals surface area contributed by atoms with E-state index in [-0.39, 0.29) is 48.4 Å². The van der Waals surface area contributed by atoms with Crippen LogP contribution in [-0.4, -0.2) is 146 Å². The van der Waals surface area contributed by atoms with Crippen LogP contribution in [0.15, 0.2) is 53.1 Å². The number of imide groups is 1. The van der Waals surface area contributed by atoms with E-state index < -0.39 is 23.7 Å². The number of fused-ring (bicyclic) bond motifs is 2. The third-order valence-electron chi connectivity index (χ3n) is 13.4. The average Bonchev–Trinajstić information content (AvgIpc) is 3.65. The third-order valence-corrected chi connectivity index (χ3v) is 13.4. The zero-order valence-electron chi connectivity index (χ0n) is 36.3. The molecule has 3 amide bonds. The number of ether oxygens (including phenoxy) is 3. The van der Waals surface area contributed by atoms with Gasteiger partial charge in [0, 0.05) is 65.7 Å². The van der Waals surface area contributed by atoms with E-state index >= 15 is 0 Å². The lowest BCUT2D eigenvalue weighted by atomic mass is 9.65. The third kappa shape index (κ3) is 9.96. The smallest absolute Gasteiger partial charge is 0.328 e. The molecule has 0 radical (unpaired) electrons. The van der Waals surface area contributed by atoms with E-state index in [0.29, 0.717) is 30.7 Å². The van der Waals surface area contributed by atoms with Crippen LogP contribution in [0.4, 0.5) is 10.5 Å². The molecular formula is C45H66N6O8. The summed E-state index contributed by atoms with van der Waals surface area (Å²) in [5.41, 5.74) is 1.92. The van der Waals surface area contributed by atoms with E-state index in [4.69, 9.17) is 14.2 Å². The molecule has 1 aromatic carbocycles. The summed E-state index contributed by atoms with van der Waals surface area (Å²) in [7, 11) is 4.93. The molecule has 14 heteroatoms. The average molecular weight is 819 g/mol. The fourth-order valence-electron chi connectivity index (χ4n) is 9.34. The van der Waals surface area contributed by atoms with E-state index in [1.54, 1.807) is 20.5 Å². The standard InChI is InChI=1S/C25H38O5.C20H28N6O3/c1-6-25(4,5)24(28)30-21-12-15(2)11-17-8-7-16(3)20(23(17)21)10-9-19-13-18(26)14-22(27)29-19;1-22-18-17(19(27)23(2)20(22)28)26(14-21-18)13-10-24-8-11-25(12-9-24)15-6-4-5-7-16(15)29-3/h7-8,11,15-16,18-21,23,26H,6,9-10,12-14H2,1-5H3;4-7,14,17-18H,8-13H2,1-3H3/t15-,16-,18+,19+,20-,21-,23-;/m0./s1. The second kappa shape index (κ2) is 18.9. The maximum Gasteiger partial charge on any atom is 0.328 e. The number of anilines is 1. The molecule has 0 spiro atoms. The highest BCUT2D eigenvalue weighted by Crippen LogP contribution is 2.46. The first-order chi connectivity index (χ1) is 28.1. The number of rotatable bonds is 11. The first-order valence-electron chi connectivity index (χ1n) is 21.5.